The monoisotopic (exact) mass is 384 g/mol. The Labute approximate surface area is 159 Å². The first kappa shape index (κ1) is 18.0. The third-order valence-corrected chi connectivity index (χ3v) is 7.67. The van der Waals surface area contributed by atoms with Crippen molar-refractivity contribution in [2.24, 2.45) is 0 Å². The van der Waals surface area contributed by atoms with Crippen LogP contribution in [-0.4, -0.2) is 29.9 Å². The maximum Gasteiger partial charge on any atom is 0.239 e. The molecule has 1 aromatic heterocycles. The molecule has 0 bridgehead atoms. The highest BCUT2D eigenvalue weighted by Crippen LogP contribution is 2.31. The zero-order chi connectivity index (χ0) is 19.0. The largest absolute Gasteiger partial charge is 0.341 e. The van der Waals surface area contributed by atoms with Crippen LogP contribution < -0.4 is 5.32 Å². The summed E-state index contributed by atoms with van der Waals surface area (Å²) in [6, 6.07) is 13.9. The summed E-state index contributed by atoms with van der Waals surface area (Å²) >= 11 is 0. The molecule has 1 N–H and O–H groups in total. The minimum absolute atomic E-state index is 0.353. The molecule has 0 unspecified atom stereocenters. The van der Waals surface area contributed by atoms with E-state index in [2.05, 4.69) is 28.9 Å². The molecule has 0 atom stereocenters. The van der Waals surface area contributed by atoms with Crippen molar-refractivity contribution in [1.82, 2.24) is 4.57 Å². The van der Waals surface area contributed by atoms with E-state index in [4.69, 9.17) is 0 Å². The highest BCUT2D eigenvalue weighted by molar-refractivity contribution is 7.92. The van der Waals surface area contributed by atoms with E-state index in [1.807, 2.05) is 30.3 Å². The molecule has 1 aliphatic rings. The van der Waals surface area contributed by atoms with Gasteiger partial charge >= 0.3 is 0 Å². The molecule has 1 saturated carbocycles. The van der Waals surface area contributed by atoms with Gasteiger partial charge in [0.2, 0.25) is 5.91 Å². The number of aryl methyl sites for hydroxylation is 1. The van der Waals surface area contributed by atoms with Crippen LogP contribution in [0.4, 0.5) is 5.69 Å². The van der Waals surface area contributed by atoms with E-state index in [1.165, 1.54) is 0 Å². The Hall–Kier alpha value is -2.34. The molecule has 1 heterocycles. The Balaban J connectivity index is 1.61. The third kappa shape index (κ3) is 3.34. The highest BCUT2D eigenvalue weighted by Gasteiger charge is 2.30. The molecule has 2 aromatic carbocycles. The summed E-state index contributed by atoms with van der Waals surface area (Å²) in [5.41, 5.74) is 2.89. The van der Waals surface area contributed by atoms with Crippen LogP contribution in [0.5, 0.6) is 0 Å². The van der Waals surface area contributed by atoms with E-state index in [-0.39, 0.29) is 5.25 Å². The lowest BCUT2D eigenvalue weighted by Gasteiger charge is -2.11. The summed E-state index contributed by atoms with van der Waals surface area (Å²) in [7, 11) is -3.37. The van der Waals surface area contributed by atoms with E-state index in [1.54, 1.807) is 0 Å². The van der Waals surface area contributed by atoms with Gasteiger partial charge in [0, 0.05) is 34.0 Å². The summed E-state index contributed by atoms with van der Waals surface area (Å²) in [6.45, 7) is 2.96. The number of hydrogen-bond acceptors (Lipinski definition) is 3. The number of fused-ring (bicyclic) bond motifs is 3. The Bertz CT molecular complexity index is 1110. The third-order valence-electron chi connectivity index (χ3n) is 5.51. The zero-order valence-corrected chi connectivity index (χ0v) is 16.3. The molecule has 0 saturated heterocycles. The van der Waals surface area contributed by atoms with Gasteiger partial charge < -0.3 is 9.88 Å². The van der Waals surface area contributed by atoms with Gasteiger partial charge in [-0.1, -0.05) is 31.0 Å². The molecular weight excluding hydrogens is 360 g/mol. The zero-order valence-electron chi connectivity index (χ0n) is 15.4. The first-order valence-electron chi connectivity index (χ1n) is 9.52. The molecule has 0 radical (unpaired) electrons. The molecule has 5 nitrogen and oxygen atoms in total. The highest BCUT2D eigenvalue weighted by atomic mass is 32.2. The molecule has 3 aromatic rings. The maximum atomic E-state index is 12.4. The summed E-state index contributed by atoms with van der Waals surface area (Å²) in [6.07, 6.45) is 3.23. The number of nitrogens with zero attached hydrogens (tertiary/aromatic N) is 1. The van der Waals surface area contributed by atoms with Crippen LogP contribution >= 0.6 is 0 Å². The van der Waals surface area contributed by atoms with Crippen LogP contribution in [-0.2, 0) is 21.2 Å². The number of carbonyl (C=O) groups excluding carboxylic acids is 1. The van der Waals surface area contributed by atoms with Crippen LogP contribution in [0.1, 0.15) is 32.6 Å². The van der Waals surface area contributed by atoms with Crippen molar-refractivity contribution < 1.29 is 13.2 Å². The SMILES string of the molecule is CCn1c2ccccc2c2cc(NC(=O)CS(=O)(=O)C3CCCC3)ccc21. The average Bonchev–Trinajstić information content (AvgIpc) is 3.28. The van der Waals surface area contributed by atoms with E-state index in [0.717, 1.165) is 41.2 Å². The van der Waals surface area contributed by atoms with Crippen LogP contribution in [0.25, 0.3) is 21.8 Å². The predicted molar refractivity (Wildman–Crippen MR) is 110 cm³/mol. The minimum atomic E-state index is -3.37. The van der Waals surface area contributed by atoms with E-state index >= 15 is 0 Å². The van der Waals surface area contributed by atoms with E-state index < -0.39 is 21.5 Å². The lowest BCUT2D eigenvalue weighted by atomic mass is 10.1. The second-order valence-electron chi connectivity index (χ2n) is 7.26. The number of amides is 1. The average molecular weight is 385 g/mol. The fraction of sp³-hybridized carbons (Fsp3) is 0.381. The van der Waals surface area contributed by atoms with E-state index in [0.29, 0.717) is 18.5 Å². The standard InChI is InChI=1S/C21H24N2O3S/c1-2-23-19-10-6-5-9-17(19)18-13-15(11-12-20(18)23)22-21(24)14-27(25,26)16-7-3-4-8-16/h5-6,9-13,16H,2-4,7-8,14H2,1H3,(H,22,24). The second kappa shape index (κ2) is 7.00. The number of sulfone groups is 1. The van der Waals surface area contributed by atoms with Gasteiger partial charge in [-0.15, -0.1) is 0 Å². The topological polar surface area (TPSA) is 68.2 Å². The summed E-state index contributed by atoms with van der Waals surface area (Å²) in [5, 5.41) is 4.61. The van der Waals surface area contributed by atoms with Gasteiger partial charge in [0.25, 0.3) is 0 Å². The van der Waals surface area contributed by atoms with Crippen molar-refractivity contribution in [1.29, 1.82) is 0 Å². The van der Waals surface area contributed by atoms with Crippen LogP contribution in [0, 0.1) is 0 Å². The molecule has 1 amide bonds. The first-order valence-corrected chi connectivity index (χ1v) is 11.2. The Morgan fingerprint density at radius 2 is 1.78 bits per heavy atom. The van der Waals surface area contributed by atoms with Gasteiger partial charge in [-0.2, -0.15) is 0 Å². The van der Waals surface area contributed by atoms with Crippen LogP contribution in [0.3, 0.4) is 0 Å². The smallest absolute Gasteiger partial charge is 0.239 e. The van der Waals surface area contributed by atoms with Crippen molar-refractivity contribution in [3.8, 4) is 0 Å². The van der Waals surface area contributed by atoms with Gasteiger partial charge in [0.05, 0.1) is 5.25 Å². The predicted octanol–water partition coefficient (Wildman–Crippen LogP) is 4.11. The second-order valence-corrected chi connectivity index (χ2v) is 9.54. The number of benzene rings is 2. The minimum Gasteiger partial charge on any atom is -0.341 e. The molecular formula is C21H24N2O3S. The lowest BCUT2D eigenvalue weighted by molar-refractivity contribution is -0.113. The van der Waals surface area contributed by atoms with Crippen molar-refractivity contribution in [2.45, 2.75) is 44.4 Å². The van der Waals surface area contributed by atoms with E-state index in [9.17, 15) is 13.2 Å². The first-order chi connectivity index (χ1) is 13.0. The fourth-order valence-electron chi connectivity index (χ4n) is 4.22. The summed E-state index contributed by atoms with van der Waals surface area (Å²) in [5.74, 6) is -0.896. The maximum absolute atomic E-state index is 12.4. The number of nitrogens with one attached hydrogen (secondary N) is 1. The van der Waals surface area contributed by atoms with Crippen molar-refractivity contribution in [3.63, 3.8) is 0 Å². The molecule has 0 aliphatic heterocycles. The molecule has 1 aliphatic carbocycles. The number of rotatable bonds is 5. The van der Waals surface area contributed by atoms with Crippen LogP contribution in [0.15, 0.2) is 42.5 Å². The van der Waals surface area contributed by atoms with Crippen molar-refractivity contribution in [3.05, 3.63) is 42.5 Å². The van der Waals surface area contributed by atoms with Gasteiger partial charge in [0.15, 0.2) is 9.84 Å². The lowest BCUT2D eigenvalue weighted by Crippen LogP contribution is -2.29. The fourth-order valence-corrected chi connectivity index (χ4v) is 5.94. The molecule has 6 heteroatoms. The summed E-state index contributed by atoms with van der Waals surface area (Å²) in [4.78, 5) is 12.4. The Morgan fingerprint density at radius 3 is 2.52 bits per heavy atom. The van der Waals surface area contributed by atoms with Crippen molar-refractivity contribution >= 4 is 43.2 Å². The van der Waals surface area contributed by atoms with Gasteiger partial charge in [0.1, 0.15) is 5.75 Å². The molecule has 4 rings (SSSR count). The van der Waals surface area contributed by atoms with Crippen molar-refractivity contribution in [2.75, 3.05) is 11.1 Å². The molecule has 0 spiro atoms. The van der Waals surface area contributed by atoms with Crippen LogP contribution in [0.2, 0.25) is 0 Å². The van der Waals surface area contributed by atoms with Gasteiger partial charge in [-0.25, -0.2) is 8.42 Å². The molecule has 142 valence electrons. The number of para-hydroxylation sites is 1. The molecule has 27 heavy (non-hydrogen) atoms. The number of aromatic nitrogens is 1. The Morgan fingerprint density at radius 1 is 1.07 bits per heavy atom. The number of hydrogen-bond donors (Lipinski definition) is 1. The quantitative estimate of drug-likeness (QED) is 0.720. The normalized spacial score (nSPS) is 15.6. The number of carbonyl (C=O) groups is 1. The number of anilines is 1. The van der Waals surface area contributed by atoms with Gasteiger partial charge in [-0.05, 0) is 44.0 Å². The van der Waals surface area contributed by atoms with Gasteiger partial charge in [-0.3, -0.25) is 4.79 Å². The Kier molecular flexibility index (Phi) is 4.68. The molecule has 1 fully saturated rings. The summed E-state index contributed by atoms with van der Waals surface area (Å²) < 4.78 is 27.0.